The van der Waals surface area contributed by atoms with Gasteiger partial charge < -0.3 is 4.74 Å². The van der Waals surface area contributed by atoms with E-state index in [0.29, 0.717) is 5.82 Å². The van der Waals surface area contributed by atoms with Crippen LogP contribution in [0.15, 0.2) is 55.2 Å². The van der Waals surface area contributed by atoms with E-state index in [1.165, 1.54) is 30.7 Å². The Bertz CT molecular complexity index is 815. The van der Waals surface area contributed by atoms with Gasteiger partial charge in [0.15, 0.2) is 0 Å². The predicted molar refractivity (Wildman–Crippen MR) is 76.8 cm³/mol. The van der Waals surface area contributed by atoms with Gasteiger partial charge in [0, 0.05) is 18.6 Å². The number of carbonyl (C=O) groups excluding carboxylic acids is 1. The number of aromatic nitrogens is 3. The molecular weight excluding hydrogens is 304 g/mol. The first-order valence-corrected chi connectivity index (χ1v) is 6.69. The van der Waals surface area contributed by atoms with Gasteiger partial charge in [0.25, 0.3) is 0 Å². The first kappa shape index (κ1) is 14.8. The van der Waals surface area contributed by atoms with Crippen LogP contribution in [0.4, 0.5) is 8.78 Å². The summed E-state index contributed by atoms with van der Waals surface area (Å²) in [7, 11) is 0. The van der Waals surface area contributed by atoms with Crippen LogP contribution >= 0.6 is 0 Å². The maximum absolute atomic E-state index is 13.5. The molecule has 5 nitrogen and oxygen atoms in total. The second-order valence-electron chi connectivity index (χ2n) is 4.65. The lowest BCUT2D eigenvalue weighted by molar-refractivity contribution is 0.0464. The average Bonchev–Trinajstić information content (AvgIpc) is 3.09. The minimum absolute atomic E-state index is 0.223. The van der Waals surface area contributed by atoms with Gasteiger partial charge in [-0.05, 0) is 24.3 Å². The average molecular weight is 315 g/mol. The third-order valence-electron chi connectivity index (χ3n) is 3.16. The Morgan fingerprint density at radius 2 is 1.96 bits per heavy atom. The van der Waals surface area contributed by atoms with Crippen LogP contribution in [0.3, 0.4) is 0 Å². The zero-order chi connectivity index (χ0) is 16.2. The summed E-state index contributed by atoms with van der Waals surface area (Å²) in [4.78, 5) is 20.0. The highest BCUT2D eigenvalue weighted by Crippen LogP contribution is 2.15. The number of nitrogens with zero attached hydrogens (tertiary/aromatic N) is 3. The lowest BCUT2D eigenvalue weighted by Crippen LogP contribution is -2.08. The standard InChI is InChI=1S/C16H11F2N3O2/c17-13-2-1-3-14(18)12(13)9-23-16(22)11-4-5-20-15(8-11)21-7-6-19-10-21/h1-8,10H,9H2. The monoisotopic (exact) mass is 315 g/mol. The van der Waals surface area contributed by atoms with Crippen molar-refractivity contribution in [3.05, 3.63) is 78.0 Å². The molecule has 3 rings (SSSR count). The minimum atomic E-state index is -0.758. The van der Waals surface area contributed by atoms with Crippen molar-refractivity contribution in [2.24, 2.45) is 0 Å². The van der Waals surface area contributed by atoms with E-state index in [4.69, 9.17) is 4.74 Å². The first-order valence-electron chi connectivity index (χ1n) is 6.69. The van der Waals surface area contributed by atoms with Crippen molar-refractivity contribution in [3.8, 4) is 5.82 Å². The molecule has 23 heavy (non-hydrogen) atoms. The Morgan fingerprint density at radius 1 is 1.17 bits per heavy atom. The van der Waals surface area contributed by atoms with Crippen LogP contribution in [0.25, 0.3) is 5.82 Å². The van der Waals surface area contributed by atoms with Crippen molar-refractivity contribution in [3.63, 3.8) is 0 Å². The Labute approximate surface area is 130 Å². The minimum Gasteiger partial charge on any atom is -0.457 e. The number of carbonyl (C=O) groups is 1. The fourth-order valence-corrected chi connectivity index (χ4v) is 1.97. The summed E-state index contributed by atoms with van der Waals surface area (Å²) in [6.07, 6.45) is 6.22. The number of rotatable bonds is 4. The number of pyridine rings is 1. The third-order valence-corrected chi connectivity index (χ3v) is 3.16. The quantitative estimate of drug-likeness (QED) is 0.695. The summed E-state index contributed by atoms with van der Waals surface area (Å²) >= 11 is 0. The molecule has 0 unspecified atom stereocenters. The van der Waals surface area contributed by atoms with Crippen LogP contribution in [-0.2, 0) is 11.3 Å². The molecule has 2 heterocycles. The third kappa shape index (κ3) is 3.23. The molecule has 0 radical (unpaired) electrons. The van der Waals surface area contributed by atoms with E-state index >= 15 is 0 Å². The summed E-state index contributed by atoms with van der Waals surface area (Å²) in [5.74, 6) is -1.73. The van der Waals surface area contributed by atoms with Crippen molar-refractivity contribution in [1.82, 2.24) is 14.5 Å². The predicted octanol–water partition coefficient (Wildman–Crippen LogP) is 2.90. The number of hydrogen-bond acceptors (Lipinski definition) is 4. The maximum atomic E-state index is 13.5. The molecule has 2 aromatic heterocycles. The zero-order valence-corrected chi connectivity index (χ0v) is 11.8. The fraction of sp³-hybridized carbons (Fsp3) is 0.0625. The van der Waals surface area contributed by atoms with Crippen LogP contribution in [0.2, 0.25) is 0 Å². The highest BCUT2D eigenvalue weighted by atomic mass is 19.1. The fourth-order valence-electron chi connectivity index (χ4n) is 1.97. The van der Waals surface area contributed by atoms with Gasteiger partial charge >= 0.3 is 5.97 Å². The molecule has 0 fully saturated rings. The lowest BCUT2D eigenvalue weighted by Gasteiger charge is -2.08. The van der Waals surface area contributed by atoms with Crippen molar-refractivity contribution < 1.29 is 18.3 Å². The largest absolute Gasteiger partial charge is 0.457 e. The van der Waals surface area contributed by atoms with Gasteiger partial charge in [-0.1, -0.05) is 6.07 Å². The molecule has 0 aliphatic heterocycles. The second kappa shape index (κ2) is 6.35. The van der Waals surface area contributed by atoms with Gasteiger partial charge in [-0.3, -0.25) is 4.57 Å². The molecule has 0 aliphatic carbocycles. The molecule has 3 aromatic rings. The normalized spacial score (nSPS) is 10.5. The van der Waals surface area contributed by atoms with E-state index < -0.39 is 24.2 Å². The summed E-state index contributed by atoms with van der Waals surface area (Å²) in [6, 6.07) is 6.42. The molecule has 1 aromatic carbocycles. The van der Waals surface area contributed by atoms with Gasteiger partial charge in [0.1, 0.15) is 30.4 Å². The topological polar surface area (TPSA) is 57.0 Å². The first-order chi connectivity index (χ1) is 11.1. The molecule has 7 heteroatoms. The highest BCUT2D eigenvalue weighted by molar-refractivity contribution is 5.89. The zero-order valence-electron chi connectivity index (χ0n) is 11.8. The van der Waals surface area contributed by atoms with Crippen molar-refractivity contribution in [1.29, 1.82) is 0 Å². The van der Waals surface area contributed by atoms with Crippen LogP contribution in [-0.4, -0.2) is 20.5 Å². The Hall–Kier alpha value is -3.09. The van der Waals surface area contributed by atoms with E-state index in [-0.39, 0.29) is 11.1 Å². The summed E-state index contributed by atoms with van der Waals surface area (Å²) in [5.41, 5.74) is -0.0646. The molecule has 0 amide bonds. The van der Waals surface area contributed by atoms with Crippen molar-refractivity contribution in [2.45, 2.75) is 6.61 Å². The summed E-state index contributed by atoms with van der Waals surface area (Å²) in [5, 5.41) is 0. The molecule has 0 N–H and O–H groups in total. The smallest absolute Gasteiger partial charge is 0.338 e. The van der Waals surface area contributed by atoms with E-state index in [0.717, 1.165) is 12.1 Å². The van der Waals surface area contributed by atoms with E-state index in [1.807, 2.05) is 0 Å². The number of ether oxygens (including phenoxy) is 1. The molecular formula is C16H11F2N3O2. The Kier molecular flexibility index (Phi) is 4.09. The second-order valence-corrected chi connectivity index (χ2v) is 4.65. The lowest BCUT2D eigenvalue weighted by atomic mass is 10.2. The molecule has 0 saturated carbocycles. The molecule has 0 atom stereocenters. The molecule has 0 spiro atoms. The Morgan fingerprint density at radius 3 is 2.65 bits per heavy atom. The van der Waals surface area contributed by atoms with Gasteiger partial charge in [0.2, 0.25) is 0 Å². The molecule has 0 bridgehead atoms. The number of imidazole rings is 1. The van der Waals surface area contributed by atoms with E-state index in [2.05, 4.69) is 9.97 Å². The van der Waals surface area contributed by atoms with E-state index in [1.54, 1.807) is 17.0 Å². The van der Waals surface area contributed by atoms with Crippen LogP contribution in [0.1, 0.15) is 15.9 Å². The van der Waals surface area contributed by atoms with E-state index in [9.17, 15) is 13.6 Å². The highest BCUT2D eigenvalue weighted by Gasteiger charge is 2.13. The Balaban J connectivity index is 1.75. The van der Waals surface area contributed by atoms with Gasteiger partial charge in [-0.25, -0.2) is 23.5 Å². The van der Waals surface area contributed by atoms with Crippen LogP contribution in [0.5, 0.6) is 0 Å². The molecule has 116 valence electrons. The van der Waals surface area contributed by atoms with Gasteiger partial charge in [-0.15, -0.1) is 0 Å². The van der Waals surface area contributed by atoms with Crippen LogP contribution < -0.4 is 0 Å². The maximum Gasteiger partial charge on any atom is 0.338 e. The van der Waals surface area contributed by atoms with Gasteiger partial charge in [0.05, 0.1) is 11.1 Å². The number of halogens is 2. The number of esters is 1. The molecule has 0 aliphatic rings. The summed E-state index contributed by atoms with van der Waals surface area (Å²) < 4.78 is 33.6. The van der Waals surface area contributed by atoms with Crippen molar-refractivity contribution >= 4 is 5.97 Å². The van der Waals surface area contributed by atoms with Crippen LogP contribution in [0, 0.1) is 11.6 Å². The SMILES string of the molecule is O=C(OCc1c(F)cccc1F)c1ccnc(-n2ccnc2)c1. The summed E-state index contributed by atoms with van der Waals surface area (Å²) in [6.45, 7) is -0.486. The number of benzene rings is 1. The van der Waals surface area contributed by atoms with Gasteiger partial charge in [-0.2, -0.15) is 0 Å². The molecule has 0 saturated heterocycles. The number of hydrogen-bond donors (Lipinski definition) is 0. The van der Waals surface area contributed by atoms with Crippen molar-refractivity contribution in [2.75, 3.05) is 0 Å².